The summed E-state index contributed by atoms with van der Waals surface area (Å²) in [5.41, 5.74) is 2.25. The molecule has 3 nitrogen and oxygen atoms in total. The molecule has 0 saturated carbocycles. The minimum atomic E-state index is -0.0982. The molecule has 0 spiro atoms. The van der Waals surface area contributed by atoms with Crippen LogP contribution in [0, 0.1) is 6.92 Å². The lowest BCUT2D eigenvalue weighted by molar-refractivity contribution is -0.122. The van der Waals surface area contributed by atoms with E-state index in [9.17, 15) is 4.79 Å². The second-order valence-corrected chi connectivity index (χ2v) is 4.57. The van der Waals surface area contributed by atoms with Crippen LogP contribution < -0.4 is 10.6 Å². The molecule has 2 unspecified atom stereocenters. The summed E-state index contributed by atoms with van der Waals surface area (Å²) >= 11 is 0. The molecule has 0 aliphatic heterocycles. The van der Waals surface area contributed by atoms with Gasteiger partial charge in [0, 0.05) is 12.6 Å². The number of halogens is 1. The van der Waals surface area contributed by atoms with Crippen molar-refractivity contribution in [1.29, 1.82) is 0 Å². The molecule has 0 heterocycles. The molecule has 0 radical (unpaired) electrons. The molecule has 1 amide bonds. The predicted molar refractivity (Wildman–Crippen MR) is 78.4 cm³/mol. The molecular weight excluding hydrogens is 248 g/mol. The molecule has 0 aromatic heterocycles. The minimum absolute atomic E-state index is 0. The summed E-state index contributed by atoms with van der Waals surface area (Å²) in [6, 6.07) is 8.38. The Kier molecular flexibility index (Phi) is 7.64. The molecular formula is C14H23ClN2O. The summed E-state index contributed by atoms with van der Waals surface area (Å²) in [6.45, 7) is 6.68. The van der Waals surface area contributed by atoms with Crippen molar-refractivity contribution in [3.05, 3.63) is 35.4 Å². The van der Waals surface area contributed by atoms with Crippen LogP contribution in [0.1, 0.15) is 30.9 Å². The van der Waals surface area contributed by atoms with E-state index >= 15 is 0 Å². The molecule has 0 bridgehead atoms. The summed E-state index contributed by atoms with van der Waals surface area (Å²) in [5, 5.41) is 6.04. The first-order valence-electron chi connectivity index (χ1n) is 6.06. The van der Waals surface area contributed by atoms with Crippen molar-refractivity contribution in [1.82, 2.24) is 10.6 Å². The van der Waals surface area contributed by atoms with Crippen LogP contribution in [0.5, 0.6) is 0 Å². The Morgan fingerprint density at radius 1 is 1.33 bits per heavy atom. The average Bonchev–Trinajstić information content (AvgIpc) is 2.34. The predicted octanol–water partition coefficient (Wildman–Crippen LogP) is 2.24. The number of likely N-dealkylation sites (N-methyl/N-ethyl adjacent to an activating group) is 1. The fraction of sp³-hybridized carbons (Fsp3) is 0.500. The molecule has 4 heteroatoms. The quantitative estimate of drug-likeness (QED) is 0.862. The Balaban J connectivity index is 0.00000289. The first kappa shape index (κ1) is 16.9. The van der Waals surface area contributed by atoms with E-state index in [4.69, 9.17) is 0 Å². The Morgan fingerprint density at radius 3 is 2.56 bits per heavy atom. The summed E-state index contributed by atoms with van der Waals surface area (Å²) in [4.78, 5) is 11.9. The van der Waals surface area contributed by atoms with Crippen LogP contribution >= 0.6 is 12.4 Å². The van der Waals surface area contributed by atoms with Gasteiger partial charge in [0.05, 0.1) is 5.92 Å². The number of aryl methyl sites for hydroxylation is 1. The van der Waals surface area contributed by atoms with Gasteiger partial charge in [0.25, 0.3) is 0 Å². The van der Waals surface area contributed by atoms with Crippen molar-refractivity contribution in [2.75, 3.05) is 13.6 Å². The van der Waals surface area contributed by atoms with Crippen molar-refractivity contribution >= 4 is 18.3 Å². The molecule has 0 aliphatic rings. The van der Waals surface area contributed by atoms with E-state index in [-0.39, 0.29) is 24.2 Å². The normalized spacial score (nSPS) is 13.3. The largest absolute Gasteiger partial charge is 0.354 e. The number of hydrogen-bond acceptors (Lipinski definition) is 2. The number of nitrogens with one attached hydrogen (secondary N) is 2. The smallest absolute Gasteiger partial charge is 0.227 e. The molecule has 102 valence electrons. The maximum absolute atomic E-state index is 11.9. The van der Waals surface area contributed by atoms with Gasteiger partial charge < -0.3 is 10.6 Å². The van der Waals surface area contributed by atoms with E-state index in [1.54, 1.807) is 0 Å². The van der Waals surface area contributed by atoms with Gasteiger partial charge in [-0.1, -0.05) is 29.8 Å². The number of carbonyl (C=O) groups excluding carboxylic acids is 1. The van der Waals surface area contributed by atoms with Gasteiger partial charge in [-0.25, -0.2) is 0 Å². The highest BCUT2D eigenvalue weighted by atomic mass is 35.5. The van der Waals surface area contributed by atoms with Gasteiger partial charge in [-0.2, -0.15) is 0 Å². The molecule has 2 N–H and O–H groups in total. The summed E-state index contributed by atoms with van der Waals surface area (Å²) < 4.78 is 0. The summed E-state index contributed by atoms with van der Waals surface area (Å²) in [5.74, 6) is -0.0170. The second-order valence-electron chi connectivity index (χ2n) is 4.57. The highest BCUT2D eigenvalue weighted by Crippen LogP contribution is 2.16. The topological polar surface area (TPSA) is 41.1 Å². The third kappa shape index (κ3) is 5.07. The lowest BCUT2D eigenvalue weighted by Crippen LogP contribution is -2.38. The molecule has 0 fully saturated rings. The number of rotatable bonds is 5. The van der Waals surface area contributed by atoms with Crippen LogP contribution in [0.2, 0.25) is 0 Å². The van der Waals surface area contributed by atoms with E-state index in [0.717, 1.165) is 5.56 Å². The Morgan fingerprint density at radius 2 is 2.00 bits per heavy atom. The third-order valence-electron chi connectivity index (χ3n) is 3.01. The summed E-state index contributed by atoms with van der Waals surface area (Å²) in [6.07, 6.45) is 0. The molecule has 1 aromatic carbocycles. The Labute approximate surface area is 116 Å². The van der Waals surface area contributed by atoms with Gasteiger partial charge in [-0.05, 0) is 33.4 Å². The van der Waals surface area contributed by atoms with Gasteiger partial charge in [0.1, 0.15) is 0 Å². The molecule has 1 rings (SSSR count). The van der Waals surface area contributed by atoms with Crippen molar-refractivity contribution in [3.8, 4) is 0 Å². The molecule has 18 heavy (non-hydrogen) atoms. The summed E-state index contributed by atoms with van der Waals surface area (Å²) in [7, 11) is 1.89. The van der Waals surface area contributed by atoms with Gasteiger partial charge in [-0.15, -0.1) is 12.4 Å². The Bertz CT molecular complexity index is 382. The maximum atomic E-state index is 11.9. The van der Waals surface area contributed by atoms with Crippen LogP contribution in [0.25, 0.3) is 0 Å². The SMILES string of the molecule is CNC(C)CNC(=O)C(C)c1cccc(C)c1.Cl. The van der Waals surface area contributed by atoms with Crippen LogP contribution in [0.15, 0.2) is 24.3 Å². The van der Waals surface area contributed by atoms with Crippen molar-refractivity contribution in [2.24, 2.45) is 0 Å². The zero-order valence-corrected chi connectivity index (χ0v) is 12.3. The molecule has 1 aromatic rings. The highest BCUT2D eigenvalue weighted by Gasteiger charge is 2.15. The molecule has 0 saturated heterocycles. The van der Waals surface area contributed by atoms with Gasteiger partial charge in [0.2, 0.25) is 5.91 Å². The first-order valence-corrected chi connectivity index (χ1v) is 6.06. The fourth-order valence-electron chi connectivity index (χ4n) is 1.60. The van der Waals surface area contributed by atoms with E-state index in [1.807, 2.05) is 46.0 Å². The van der Waals surface area contributed by atoms with Crippen LogP contribution in [0.3, 0.4) is 0 Å². The highest BCUT2D eigenvalue weighted by molar-refractivity contribution is 5.85. The van der Waals surface area contributed by atoms with Crippen molar-refractivity contribution in [2.45, 2.75) is 32.7 Å². The number of amides is 1. The number of benzene rings is 1. The standard InChI is InChI=1S/C14H22N2O.ClH/c1-10-6-5-7-13(8-10)12(3)14(17)16-9-11(2)15-4;/h5-8,11-12,15H,9H2,1-4H3,(H,16,17);1H. The molecule has 2 atom stereocenters. The number of carbonyl (C=O) groups is 1. The van der Waals surface area contributed by atoms with Gasteiger partial charge in [-0.3, -0.25) is 4.79 Å². The first-order chi connectivity index (χ1) is 8.04. The van der Waals surface area contributed by atoms with E-state index in [2.05, 4.69) is 16.7 Å². The number of hydrogen-bond donors (Lipinski definition) is 2. The minimum Gasteiger partial charge on any atom is -0.354 e. The van der Waals surface area contributed by atoms with Crippen LogP contribution in [0.4, 0.5) is 0 Å². The average molecular weight is 271 g/mol. The lowest BCUT2D eigenvalue weighted by atomic mass is 9.98. The van der Waals surface area contributed by atoms with Crippen molar-refractivity contribution < 1.29 is 4.79 Å². The van der Waals surface area contributed by atoms with Gasteiger partial charge >= 0.3 is 0 Å². The van der Waals surface area contributed by atoms with E-state index < -0.39 is 0 Å². The monoisotopic (exact) mass is 270 g/mol. The lowest BCUT2D eigenvalue weighted by Gasteiger charge is -2.16. The second kappa shape index (κ2) is 8.11. The molecule has 0 aliphatic carbocycles. The Hall–Kier alpha value is -1.06. The van der Waals surface area contributed by atoms with E-state index in [0.29, 0.717) is 12.6 Å². The zero-order valence-electron chi connectivity index (χ0n) is 11.5. The zero-order chi connectivity index (χ0) is 12.8. The van der Waals surface area contributed by atoms with Crippen LogP contribution in [-0.2, 0) is 4.79 Å². The maximum Gasteiger partial charge on any atom is 0.227 e. The van der Waals surface area contributed by atoms with Crippen LogP contribution in [-0.4, -0.2) is 25.5 Å². The third-order valence-corrected chi connectivity index (χ3v) is 3.01. The van der Waals surface area contributed by atoms with E-state index in [1.165, 1.54) is 5.56 Å². The van der Waals surface area contributed by atoms with Gasteiger partial charge in [0.15, 0.2) is 0 Å². The fourth-order valence-corrected chi connectivity index (χ4v) is 1.60. The van der Waals surface area contributed by atoms with Crippen molar-refractivity contribution in [3.63, 3.8) is 0 Å².